The Bertz CT molecular complexity index is 748. The Morgan fingerprint density at radius 3 is 1.17 bits per heavy atom. The first kappa shape index (κ1) is 12.9. The van der Waals surface area contributed by atoms with E-state index in [1.807, 2.05) is 15.4 Å². The molecule has 0 atom stereocenters. The Morgan fingerprint density at radius 2 is 0.889 bits per heavy atom. The molecule has 96 valence electrons. The molecule has 0 spiro atoms. The molecule has 2 aromatic heterocycles. The van der Waals surface area contributed by atoms with Crippen molar-refractivity contribution in [2.75, 3.05) is 0 Å². The van der Waals surface area contributed by atoms with Crippen LogP contribution in [-0.4, -0.2) is 30.4 Å². The van der Waals surface area contributed by atoms with E-state index in [0.29, 0.717) is 0 Å². The zero-order valence-electron chi connectivity index (χ0n) is 8.45. The minimum atomic E-state index is -1.09. The quantitative estimate of drug-likeness (QED) is 0.257. The van der Waals surface area contributed by atoms with Crippen LogP contribution >= 0.6 is 0 Å². The highest BCUT2D eigenvalue weighted by atomic mass is 16.2. The lowest BCUT2D eigenvalue weighted by Crippen LogP contribution is -2.42. The van der Waals surface area contributed by atoms with Gasteiger partial charge in [0.2, 0.25) is 0 Å². The van der Waals surface area contributed by atoms with Crippen LogP contribution in [0.15, 0.2) is 28.8 Å². The molecule has 0 aromatic carbocycles. The molecule has 0 saturated carbocycles. The van der Waals surface area contributed by atoms with Gasteiger partial charge in [-0.15, -0.1) is 0 Å². The van der Waals surface area contributed by atoms with Crippen LogP contribution in [-0.2, 0) is 0 Å². The zero-order valence-corrected chi connectivity index (χ0v) is 8.45. The maximum atomic E-state index is 10.3. The van der Waals surface area contributed by atoms with Crippen LogP contribution in [0.3, 0.4) is 0 Å². The topological polar surface area (TPSA) is 197 Å². The molecular weight excluding hydrogens is 252 g/mol. The summed E-state index contributed by atoms with van der Waals surface area (Å²) in [5.41, 5.74) is -5.39. The summed E-state index contributed by atoms with van der Waals surface area (Å²) in [5.74, 6) is 0. The van der Waals surface area contributed by atoms with Crippen LogP contribution in [0.1, 0.15) is 0 Å². The second-order valence-electron chi connectivity index (χ2n) is 2.72. The van der Waals surface area contributed by atoms with Gasteiger partial charge in [-0.1, -0.05) is 0 Å². The minimum Gasteiger partial charge on any atom is -0.277 e. The zero-order chi connectivity index (χ0) is 13.7. The van der Waals surface area contributed by atoms with Crippen molar-refractivity contribution in [2.45, 2.75) is 0 Å². The Hall–Kier alpha value is -3.18. The smallest absolute Gasteiger partial charge is 0.277 e. The summed E-state index contributed by atoms with van der Waals surface area (Å²) in [7, 11) is 0. The molecule has 0 radical (unpaired) electrons. The van der Waals surface area contributed by atoms with E-state index in [1.165, 1.54) is 0 Å². The van der Waals surface area contributed by atoms with Crippen LogP contribution in [0.2, 0.25) is 0 Å². The molecule has 18 heavy (non-hydrogen) atoms. The molecule has 0 bridgehead atoms. The third-order valence-electron chi connectivity index (χ3n) is 1.45. The fourth-order valence-electron chi connectivity index (χ4n) is 0.765. The molecule has 0 saturated heterocycles. The van der Waals surface area contributed by atoms with Crippen molar-refractivity contribution in [1.29, 1.82) is 0 Å². The maximum Gasteiger partial charge on any atom is 0.330 e. The summed E-state index contributed by atoms with van der Waals surface area (Å²) < 4.78 is 0. The fraction of sp³-hybridized carbons (Fsp3) is 0. The highest BCUT2D eigenvalue weighted by Gasteiger charge is 1.93. The number of aromatic nitrogens is 6. The highest BCUT2D eigenvalue weighted by molar-refractivity contribution is 4.77. The second kappa shape index (κ2) is 5.24. The van der Waals surface area contributed by atoms with Crippen molar-refractivity contribution < 1.29 is 0 Å². The Kier molecular flexibility index (Phi) is 3.75. The molecule has 12 nitrogen and oxygen atoms in total. The molecule has 12 heteroatoms. The predicted molar refractivity (Wildman–Crippen MR) is 56.6 cm³/mol. The van der Waals surface area contributed by atoms with E-state index in [-0.39, 0.29) is 0 Å². The fourth-order valence-corrected chi connectivity index (χ4v) is 0.765. The van der Waals surface area contributed by atoms with Gasteiger partial charge in [0.05, 0.1) is 0 Å². The van der Waals surface area contributed by atoms with Gasteiger partial charge < -0.3 is 0 Å². The van der Waals surface area contributed by atoms with E-state index in [0.717, 1.165) is 0 Å². The van der Waals surface area contributed by atoms with Gasteiger partial charge in [-0.3, -0.25) is 29.3 Å². The number of nitrogens with one attached hydrogen (secondary N) is 6. The van der Waals surface area contributed by atoms with Gasteiger partial charge in [-0.2, -0.15) is 0 Å². The number of hydrogen-bond donors (Lipinski definition) is 6. The Morgan fingerprint density at radius 1 is 0.556 bits per heavy atom. The third-order valence-corrected chi connectivity index (χ3v) is 1.45. The first-order valence-corrected chi connectivity index (χ1v) is 4.22. The van der Waals surface area contributed by atoms with Gasteiger partial charge in [0.25, 0.3) is 0 Å². The number of aromatic amines is 6. The van der Waals surface area contributed by atoms with Gasteiger partial charge in [0.1, 0.15) is 0 Å². The van der Waals surface area contributed by atoms with E-state index in [1.54, 1.807) is 15.0 Å². The van der Waals surface area contributed by atoms with Crippen LogP contribution in [0.25, 0.3) is 0 Å². The van der Waals surface area contributed by atoms with Crippen molar-refractivity contribution >= 4 is 0 Å². The molecule has 0 aliphatic rings. The summed E-state index contributed by atoms with van der Waals surface area (Å²) in [6.07, 6.45) is 0. The summed E-state index contributed by atoms with van der Waals surface area (Å²) in [4.78, 5) is 66.6. The molecule has 2 rings (SSSR count). The number of rotatable bonds is 0. The van der Waals surface area contributed by atoms with Crippen molar-refractivity contribution in [3.63, 3.8) is 0 Å². The van der Waals surface area contributed by atoms with Crippen LogP contribution in [0.4, 0.5) is 0 Å². The lowest BCUT2D eigenvalue weighted by atomic mass is 10.6. The molecule has 0 aliphatic heterocycles. The van der Waals surface area contributed by atoms with E-state index >= 15 is 0 Å². The van der Waals surface area contributed by atoms with Gasteiger partial charge in [-0.05, 0) is 0 Å². The van der Waals surface area contributed by atoms with Crippen molar-refractivity contribution in [2.24, 2.45) is 0 Å². The maximum absolute atomic E-state index is 10.3. The van der Waals surface area contributed by atoms with Crippen LogP contribution in [0.5, 0.6) is 0 Å². The molecule has 0 unspecified atom stereocenters. The summed E-state index contributed by atoms with van der Waals surface area (Å²) >= 11 is 0. The minimum absolute atomic E-state index is 0.802. The lowest BCUT2D eigenvalue weighted by molar-refractivity contribution is 0.803. The first-order chi connectivity index (χ1) is 8.40. The average Bonchev–Trinajstić information content (AvgIpc) is 2.24. The molecular formula is C6H6N6O6. The predicted octanol–water partition coefficient (Wildman–Crippen LogP) is -4.50. The van der Waals surface area contributed by atoms with Gasteiger partial charge in [-0.25, -0.2) is 29.8 Å². The van der Waals surface area contributed by atoms with Gasteiger partial charge in [0, 0.05) is 0 Å². The normalized spacial score (nSPS) is 9.33. The Labute approximate surface area is 93.7 Å². The van der Waals surface area contributed by atoms with Crippen LogP contribution < -0.4 is 33.6 Å². The molecule has 0 aliphatic carbocycles. The third kappa shape index (κ3) is 3.44. The van der Waals surface area contributed by atoms with E-state index in [2.05, 4.69) is 0 Å². The average molecular weight is 258 g/mol. The van der Waals surface area contributed by atoms with Gasteiger partial charge in [0.15, 0.2) is 0 Å². The summed E-state index contributed by atoms with van der Waals surface area (Å²) in [5, 5.41) is 5.78. The summed E-state index contributed by atoms with van der Waals surface area (Å²) in [6.45, 7) is 0. The van der Waals surface area contributed by atoms with Crippen molar-refractivity contribution in [3.05, 3.63) is 62.4 Å². The lowest BCUT2D eigenvalue weighted by Gasteiger charge is -1.78. The number of hydrogen-bond acceptors (Lipinski definition) is 6. The molecule has 0 amide bonds. The van der Waals surface area contributed by atoms with Crippen molar-refractivity contribution in [1.82, 2.24) is 30.4 Å². The standard InChI is InChI=1S/2C3H3N3O3/c7-1-4-2(8)6-3(9)5-1;7-1-2(8)4-6-5-3(1)9/h(H3,4,5,6,7,8,9);(H,6,7)(H2,4,5,8,9). The largest absolute Gasteiger partial charge is 0.330 e. The molecule has 0 fully saturated rings. The Balaban J connectivity index is 0.000000180. The SMILES string of the molecule is O=c1[nH][nH][nH]c(=O)c1=O.O=c1[nH]c(=O)[nH]c(=O)[nH]1. The monoisotopic (exact) mass is 258 g/mol. The molecule has 2 heterocycles. The number of H-pyrrole nitrogens is 6. The van der Waals surface area contributed by atoms with E-state index in [4.69, 9.17) is 0 Å². The van der Waals surface area contributed by atoms with E-state index in [9.17, 15) is 28.8 Å². The molecule has 2 aromatic rings. The second-order valence-corrected chi connectivity index (χ2v) is 2.72. The van der Waals surface area contributed by atoms with E-state index < -0.39 is 33.6 Å². The highest BCUT2D eigenvalue weighted by Crippen LogP contribution is 1.30. The first-order valence-electron chi connectivity index (χ1n) is 4.22. The van der Waals surface area contributed by atoms with Crippen molar-refractivity contribution in [3.8, 4) is 0 Å². The van der Waals surface area contributed by atoms with Crippen LogP contribution in [0, 0.1) is 0 Å². The summed E-state index contributed by atoms with van der Waals surface area (Å²) in [6, 6.07) is 0. The molecule has 6 N–H and O–H groups in total. The van der Waals surface area contributed by atoms with Gasteiger partial charge >= 0.3 is 33.6 Å².